The van der Waals surface area contributed by atoms with E-state index < -0.39 is 5.82 Å². The van der Waals surface area contributed by atoms with Gasteiger partial charge in [-0.25, -0.2) is 19.0 Å². The number of nitrogens with one attached hydrogen (secondary N) is 1. The Balaban J connectivity index is 2.24. The van der Waals surface area contributed by atoms with Gasteiger partial charge in [0.2, 0.25) is 5.88 Å². The lowest BCUT2D eigenvalue weighted by atomic mass is 10.2. The summed E-state index contributed by atoms with van der Waals surface area (Å²) in [6.45, 7) is 4.28. The van der Waals surface area contributed by atoms with Gasteiger partial charge in [-0.3, -0.25) is 0 Å². The summed E-state index contributed by atoms with van der Waals surface area (Å²) in [4.78, 5) is 7.87. The second kappa shape index (κ2) is 6.51. The zero-order valence-electron chi connectivity index (χ0n) is 12.8. The lowest BCUT2D eigenvalue weighted by Crippen LogP contribution is -2.08. The highest BCUT2D eigenvalue weighted by atomic mass is 19.1. The molecule has 0 atom stereocenters. The number of hydrogen-bond donors (Lipinski definition) is 1. The summed E-state index contributed by atoms with van der Waals surface area (Å²) in [6.07, 6.45) is 2.67. The van der Waals surface area contributed by atoms with Gasteiger partial charge in [-0.15, -0.1) is 0 Å². The van der Waals surface area contributed by atoms with Crippen molar-refractivity contribution in [3.8, 4) is 5.88 Å². The average Bonchev–Trinajstić information content (AvgIpc) is 2.81. The molecular formula is C14H20FN5O. The molecule has 0 bridgehead atoms. The summed E-state index contributed by atoms with van der Waals surface area (Å²) in [7, 11) is 3.42. The van der Waals surface area contributed by atoms with Crippen LogP contribution < -0.4 is 10.1 Å². The van der Waals surface area contributed by atoms with Crippen molar-refractivity contribution >= 4 is 5.82 Å². The summed E-state index contributed by atoms with van der Waals surface area (Å²) in [5.41, 5.74) is 2.24. The van der Waals surface area contributed by atoms with Crippen molar-refractivity contribution in [1.82, 2.24) is 19.7 Å². The van der Waals surface area contributed by atoms with E-state index >= 15 is 0 Å². The van der Waals surface area contributed by atoms with E-state index in [1.807, 2.05) is 20.9 Å². The highest BCUT2D eigenvalue weighted by molar-refractivity contribution is 5.41. The monoisotopic (exact) mass is 293 g/mol. The predicted octanol–water partition coefficient (Wildman–Crippen LogP) is 2.09. The minimum atomic E-state index is -0.402. The van der Waals surface area contributed by atoms with Crippen LogP contribution in [-0.4, -0.2) is 26.9 Å². The first-order valence-corrected chi connectivity index (χ1v) is 6.94. The van der Waals surface area contributed by atoms with Crippen molar-refractivity contribution in [2.75, 3.05) is 12.4 Å². The molecule has 2 heterocycles. The van der Waals surface area contributed by atoms with Gasteiger partial charge in [-0.05, 0) is 12.8 Å². The van der Waals surface area contributed by atoms with Gasteiger partial charge >= 0.3 is 0 Å². The molecular weight excluding hydrogens is 273 g/mol. The van der Waals surface area contributed by atoms with Crippen LogP contribution in [0.1, 0.15) is 30.8 Å². The van der Waals surface area contributed by atoms with E-state index in [0.29, 0.717) is 24.5 Å². The van der Waals surface area contributed by atoms with Crippen molar-refractivity contribution in [2.45, 2.75) is 33.2 Å². The van der Waals surface area contributed by atoms with Crippen LogP contribution in [0.5, 0.6) is 5.88 Å². The molecule has 0 amide bonds. The number of hydrogen-bond acceptors (Lipinski definition) is 5. The van der Waals surface area contributed by atoms with E-state index in [2.05, 4.69) is 20.4 Å². The molecule has 0 saturated heterocycles. The van der Waals surface area contributed by atoms with Crippen LogP contribution in [0.4, 0.5) is 10.2 Å². The van der Waals surface area contributed by atoms with Crippen molar-refractivity contribution in [3.63, 3.8) is 0 Å². The molecule has 0 saturated carbocycles. The number of ether oxygens (including phenoxy) is 1. The van der Waals surface area contributed by atoms with E-state index in [4.69, 9.17) is 4.74 Å². The molecule has 0 fully saturated rings. The van der Waals surface area contributed by atoms with Crippen LogP contribution in [0.2, 0.25) is 0 Å². The van der Waals surface area contributed by atoms with Crippen LogP contribution in [0.15, 0.2) is 6.33 Å². The standard InChI is InChI=1S/C14H20FN5O/c1-5-10-9(14(21-4)20(3)19-10)7-16-13-12(15)11(6-2)17-8-18-13/h8H,5-7H2,1-4H3,(H,16,17,18). The number of nitrogens with zero attached hydrogens (tertiary/aromatic N) is 4. The molecule has 0 aromatic carbocycles. The maximum Gasteiger partial charge on any atom is 0.216 e. The van der Waals surface area contributed by atoms with Crippen molar-refractivity contribution in [3.05, 3.63) is 29.1 Å². The normalized spacial score (nSPS) is 10.7. The third-order valence-electron chi connectivity index (χ3n) is 3.33. The van der Waals surface area contributed by atoms with Gasteiger partial charge in [0, 0.05) is 13.6 Å². The van der Waals surface area contributed by atoms with Crippen LogP contribution in [-0.2, 0) is 26.4 Å². The number of rotatable bonds is 6. The molecule has 1 N–H and O–H groups in total. The number of anilines is 1. The summed E-state index contributed by atoms with van der Waals surface area (Å²) < 4.78 is 21.1. The predicted molar refractivity (Wildman–Crippen MR) is 77.8 cm³/mol. The van der Waals surface area contributed by atoms with E-state index in [1.54, 1.807) is 11.8 Å². The lowest BCUT2D eigenvalue weighted by Gasteiger charge is -2.09. The maximum atomic E-state index is 14.1. The summed E-state index contributed by atoms with van der Waals surface area (Å²) in [5.74, 6) is 0.472. The minimum absolute atomic E-state index is 0.204. The van der Waals surface area contributed by atoms with Gasteiger partial charge in [-0.2, -0.15) is 5.10 Å². The number of aromatic nitrogens is 4. The van der Waals surface area contributed by atoms with Crippen molar-refractivity contribution in [2.24, 2.45) is 7.05 Å². The molecule has 0 aliphatic carbocycles. The number of methoxy groups -OCH3 is 1. The number of aryl methyl sites for hydroxylation is 3. The second-order valence-corrected chi connectivity index (χ2v) is 4.60. The molecule has 114 valence electrons. The lowest BCUT2D eigenvalue weighted by molar-refractivity contribution is 0.369. The third-order valence-corrected chi connectivity index (χ3v) is 3.33. The van der Waals surface area contributed by atoms with Gasteiger partial charge in [0.05, 0.1) is 24.1 Å². The molecule has 21 heavy (non-hydrogen) atoms. The Labute approximate surface area is 123 Å². The van der Waals surface area contributed by atoms with E-state index in [0.717, 1.165) is 17.7 Å². The van der Waals surface area contributed by atoms with Crippen LogP contribution >= 0.6 is 0 Å². The molecule has 0 aliphatic heterocycles. The van der Waals surface area contributed by atoms with Crippen LogP contribution in [0, 0.1) is 5.82 Å². The van der Waals surface area contributed by atoms with E-state index in [-0.39, 0.29) is 5.82 Å². The maximum absolute atomic E-state index is 14.1. The highest BCUT2D eigenvalue weighted by Gasteiger charge is 2.17. The SMILES string of the molecule is CCc1ncnc(NCc2c(CC)nn(C)c2OC)c1F. The Morgan fingerprint density at radius 2 is 1.95 bits per heavy atom. The third kappa shape index (κ3) is 2.96. The Kier molecular flexibility index (Phi) is 4.72. The first kappa shape index (κ1) is 15.2. The fourth-order valence-corrected chi connectivity index (χ4v) is 2.27. The molecule has 0 aliphatic rings. The zero-order chi connectivity index (χ0) is 15.4. The summed E-state index contributed by atoms with van der Waals surface area (Å²) in [6, 6.07) is 0. The Morgan fingerprint density at radius 1 is 1.24 bits per heavy atom. The van der Waals surface area contributed by atoms with Gasteiger partial charge in [0.15, 0.2) is 11.6 Å². The Bertz CT molecular complexity index is 626. The van der Waals surface area contributed by atoms with E-state index in [9.17, 15) is 4.39 Å². The zero-order valence-corrected chi connectivity index (χ0v) is 12.8. The molecule has 2 rings (SSSR count). The smallest absolute Gasteiger partial charge is 0.216 e. The fourth-order valence-electron chi connectivity index (χ4n) is 2.27. The minimum Gasteiger partial charge on any atom is -0.481 e. The molecule has 0 radical (unpaired) electrons. The largest absolute Gasteiger partial charge is 0.481 e. The Morgan fingerprint density at radius 3 is 2.57 bits per heavy atom. The quantitative estimate of drug-likeness (QED) is 0.883. The van der Waals surface area contributed by atoms with Gasteiger partial charge in [0.25, 0.3) is 0 Å². The topological polar surface area (TPSA) is 64.9 Å². The first-order chi connectivity index (χ1) is 10.1. The molecule has 0 spiro atoms. The first-order valence-electron chi connectivity index (χ1n) is 6.94. The summed E-state index contributed by atoms with van der Waals surface area (Å²) in [5, 5.41) is 7.40. The molecule has 0 unspecified atom stereocenters. The van der Waals surface area contributed by atoms with Gasteiger partial charge in [0.1, 0.15) is 6.33 Å². The molecule has 7 heteroatoms. The van der Waals surface area contributed by atoms with Crippen LogP contribution in [0.3, 0.4) is 0 Å². The Hall–Kier alpha value is -2.18. The average molecular weight is 293 g/mol. The summed E-state index contributed by atoms with van der Waals surface area (Å²) >= 11 is 0. The molecule has 2 aromatic rings. The van der Waals surface area contributed by atoms with Gasteiger partial charge in [-0.1, -0.05) is 13.8 Å². The molecule has 6 nitrogen and oxygen atoms in total. The van der Waals surface area contributed by atoms with Crippen molar-refractivity contribution in [1.29, 1.82) is 0 Å². The fraction of sp³-hybridized carbons (Fsp3) is 0.500. The van der Waals surface area contributed by atoms with Crippen molar-refractivity contribution < 1.29 is 9.13 Å². The highest BCUT2D eigenvalue weighted by Crippen LogP contribution is 2.23. The van der Waals surface area contributed by atoms with E-state index in [1.165, 1.54) is 6.33 Å². The van der Waals surface area contributed by atoms with Gasteiger partial charge < -0.3 is 10.1 Å². The molecule has 2 aromatic heterocycles. The second-order valence-electron chi connectivity index (χ2n) is 4.60. The van der Waals surface area contributed by atoms with Crippen LogP contribution in [0.25, 0.3) is 0 Å². The number of halogens is 1.